The van der Waals surface area contributed by atoms with Gasteiger partial charge in [-0.05, 0) is 45.4 Å². The molecule has 4 nitrogen and oxygen atoms in total. The third-order valence-electron chi connectivity index (χ3n) is 7.31. The highest BCUT2D eigenvalue weighted by Gasteiger charge is 2.22. The van der Waals surface area contributed by atoms with E-state index < -0.39 is 18.0 Å². The van der Waals surface area contributed by atoms with Gasteiger partial charge in [-0.25, -0.2) is 4.79 Å². The normalized spacial score (nSPS) is 12.3. The Labute approximate surface area is 237 Å². The molecule has 0 spiro atoms. The van der Waals surface area contributed by atoms with Crippen molar-refractivity contribution >= 4 is 11.9 Å². The lowest BCUT2D eigenvalue weighted by molar-refractivity contribution is -0.168. The summed E-state index contributed by atoms with van der Waals surface area (Å²) in [5, 5.41) is 0. The van der Waals surface area contributed by atoms with Crippen molar-refractivity contribution in [2.45, 2.75) is 187 Å². The minimum atomic E-state index is -0.605. The van der Waals surface area contributed by atoms with Crippen molar-refractivity contribution in [2.24, 2.45) is 0 Å². The molecule has 0 N–H and O–H groups in total. The third kappa shape index (κ3) is 26.4. The first-order valence-corrected chi connectivity index (χ1v) is 16.7. The fourth-order valence-electron chi connectivity index (χ4n) is 4.86. The van der Waals surface area contributed by atoms with Crippen molar-refractivity contribution in [2.75, 3.05) is 6.61 Å². The number of rotatable bonds is 29. The van der Waals surface area contributed by atoms with Crippen LogP contribution in [-0.2, 0) is 19.1 Å². The average Bonchev–Trinajstić information content (AvgIpc) is 2.91. The van der Waals surface area contributed by atoms with Gasteiger partial charge in [-0.15, -0.1) is 0 Å². The minimum absolute atomic E-state index is 0.320. The van der Waals surface area contributed by atoms with Crippen molar-refractivity contribution in [3.63, 3.8) is 0 Å². The number of esters is 2. The lowest BCUT2D eigenvalue weighted by atomic mass is 10.0. The number of allylic oxidation sites excluding steroid dienone is 2. The second kappa shape index (κ2) is 30.4. The predicted octanol–water partition coefficient (Wildman–Crippen LogP) is 10.8. The summed E-state index contributed by atoms with van der Waals surface area (Å²) in [4.78, 5) is 24.6. The molecule has 0 aliphatic rings. The van der Waals surface area contributed by atoms with E-state index in [1.807, 2.05) is 6.92 Å². The fraction of sp³-hybridized carbons (Fsp3) is 0.882. The highest BCUT2D eigenvalue weighted by atomic mass is 16.6. The van der Waals surface area contributed by atoms with E-state index in [2.05, 4.69) is 26.0 Å². The van der Waals surface area contributed by atoms with Gasteiger partial charge < -0.3 is 9.47 Å². The standard InChI is InChI=1S/C34H64O4/c1-4-7-9-11-13-15-17-18-19-20-21-23-25-27-29-31-33(35)38-34(36)32(37-6-3)30-28-26-24-22-16-14-12-10-8-5-2/h18-19,32H,4-17,20-31H2,1-3H3. The van der Waals surface area contributed by atoms with E-state index in [0.717, 1.165) is 38.5 Å². The molecule has 0 fully saturated rings. The van der Waals surface area contributed by atoms with Gasteiger partial charge in [0.05, 0.1) is 0 Å². The van der Waals surface area contributed by atoms with Crippen molar-refractivity contribution in [1.29, 1.82) is 0 Å². The van der Waals surface area contributed by atoms with Crippen LogP contribution in [-0.4, -0.2) is 24.6 Å². The van der Waals surface area contributed by atoms with Crippen molar-refractivity contribution < 1.29 is 19.1 Å². The third-order valence-corrected chi connectivity index (χ3v) is 7.31. The SMILES string of the molecule is CCCCCCCCC=CCCCCCCCC(=O)OC(=O)C(CCCCCCCCCCCC)OCC. The van der Waals surface area contributed by atoms with Crippen LogP contribution in [0.2, 0.25) is 0 Å². The second-order valence-corrected chi connectivity index (χ2v) is 11.0. The number of hydrogen-bond donors (Lipinski definition) is 0. The summed E-state index contributed by atoms with van der Waals surface area (Å²) in [6.07, 6.45) is 33.5. The number of hydrogen-bond acceptors (Lipinski definition) is 4. The zero-order valence-corrected chi connectivity index (χ0v) is 25.7. The Morgan fingerprint density at radius 1 is 0.553 bits per heavy atom. The summed E-state index contributed by atoms with van der Waals surface area (Å²) in [5.74, 6) is -0.902. The molecule has 0 aromatic heterocycles. The lowest BCUT2D eigenvalue weighted by Crippen LogP contribution is -2.28. The zero-order valence-electron chi connectivity index (χ0n) is 25.7. The molecule has 38 heavy (non-hydrogen) atoms. The molecule has 0 aromatic rings. The maximum Gasteiger partial charge on any atom is 0.342 e. The number of carbonyl (C=O) groups is 2. The second-order valence-electron chi connectivity index (χ2n) is 11.0. The van der Waals surface area contributed by atoms with Crippen LogP contribution in [0.4, 0.5) is 0 Å². The highest BCUT2D eigenvalue weighted by Crippen LogP contribution is 2.15. The van der Waals surface area contributed by atoms with Gasteiger partial charge in [0.1, 0.15) is 0 Å². The smallest absolute Gasteiger partial charge is 0.342 e. The van der Waals surface area contributed by atoms with E-state index in [9.17, 15) is 9.59 Å². The first-order chi connectivity index (χ1) is 18.7. The quantitative estimate of drug-likeness (QED) is 0.0413. The van der Waals surface area contributed by atoms with Crippen LogP contribution in [0.15, 0.2) is 12.2 Å². The van der Waals surface area contributed by atoms with Gasteiger partial charge in [-0.2, -0.15) is 0 Å². The number of unbranched alkanes of at least 4 members (excludes halogenated alkanes) is 20. The Morgan fingerprint density at radius 3 is 1.45 bits per heavy atom. The molecular weight excluding hydrogens is 472 g/mol. The van der Waals surface area contributed by atoms with Gasteiger partial charge in [-0.3, -0.25) is 4.79 Å². The largest absolute Gasteiger partial charge is 0.391 e. The van der Waals surface area contributed by atoms with Crippen molar-refractivity contribution in [3.05, 3.63) is 12.2 Å². The van der Waals surface area contributed by atoms with Crippen molar-refractivity contribution in [1.82, 2.24) is 0 Å². The maximum absolute atomic E-state index is 12.4. The van der Waals surface area contributed by atoms with Gasteiger partial charge in [0.25, 0.3) is 0 Å². The van der Waals surface area contributed by atoms with Gasteiger partial charge >= 0.3 is 11.9 Å². The maximum atomic E-state index is 12.4. The number of ether oxygens (including phenoxy) is 2. The Bertz CT molecular complexity index is 543. The van der Waals surface area contributed by atoms with Gasteiger partial charge in [0.2, 0.25) is 0 Å². The molecule has 0 bridgehead atoms. The molecule has 0 rings (SSSR count). The monoisotopic (exact) mass is 536 g/mol. The van der Waals surface area contributed by atoms with E-state index >= 15 is 0 Å². The van der Waals surface area contributed by atoms with Crippen LogP contribution >= 0.6 is 0 Å². The van der Waals surface area contributed by atoms with Gasteiger partial charge in [0, 0.05) is 13.0 Å². The molecule has 0 saturated carbocycles. The van der Waals surface area contributed by atoms with E-state index in [1.165, 1.54) is 109 Å². The van der Waals surface area contributed by atoms with Crippen LogP contribution < -0.4 is 0 Å². The lowest BCUT2D eigenvalue weighted by Gasteiger charge is -2.15. The Hall–Kier alpha value is -1.16. The average molecular weight is 537 g/mol. The zero-order chi connectivity index (χ0) is 27.9. The molecule has 0 saturated heterocycles. The summed E-state index contributed by atoms with van der Waals surface area (Å²) in [5.41, 5.74) is 0. The molecule has 0 aliphatic carbocycles. The molecule has 0 amide bonds. The molecule has 224 valence electrons. The molecule has 0 radical (unpaired) electrons. The molecule has 0 aliphatic heterocycles. The van der Waals surface area contributed by atoms with Crippen LogP contribution in [0, 0.1) is 0 Å². The molecule has 1 atom stereocenters. The fourth-order valence-corrected chi connectivity index (χ4v) is 4.86. The molecule has 1 unspecified atom stereocenters. The first kappa shape index (κ1) is 36.8. The highest BCUT2D eigenvalue weighted by molar-refractivity contribution is 5.87. The predicted molar refractivity (Wildman–Crippen MR) is 162 cm³/mol. The van der Waals surface area contributed by atoms with Crippen molar-refractivity contribution in [3.8, 4) is 0 Å². The summed E-state index contributed by atoms with van der Waals surface area (Å²) in [6.45, 7) is 6.85. The topological polar surface area (TPSA) is 52.6 Å². The first-order valence-electron chi connectivity index (χ1n) is 16.7. The van der Waals surface area contributed by atoms with Crippen LogP contribution in [0.3, 0.4) is 0 Å². The molecular formula is C34H64O4. The van der Waals surface area contributed by atoms with Gasteiger partial charge in [-0.1, -0.05) is 142 Å². The van der Waals surface area contributed by atoms with E-state index in [4.69, 9.17) is 9.47 Å². The molecule has 0 heterocycles. The van der Waals surface area contributed by atoms with Crippen LogP contribution in [0.5, 0.6) is 0 Å². The summed E-state index contributed by atoms with van der Waals surface area (Å²) < 4.78 is 10.7. The Morgan fingerprint density at radius 2 is 0.974 bits per heavy atom. The van der Waals surface area contributed by atoms with Crippen LogP contribution in [0.1, 0.15) is 181 Å². The van der Waals surface area contributed by atoms with E-state index in [-0.39, 0.29) is 0 Å². The Kier molecular flexibility index (Phi) is 29.5. The van der Waals surface area contributed by atoms with E-state index in [1.54, 1.807) is 0 Å². The molecule has 0 aromatic carbocycles. The van der Waals surface area contributed by atoms with Gasteiger partial charge in [0.15, 0.2) is 6.10 Å². The van der Waals surface area contributed by atoms with E-state index in [0.29, 0.717) is 19.4 Å². The summed E-state index contributed by atoms with van der Waals surface area (Å²) in [6, 6.07) is 0. The van der Waals surface area contributed by atoms with Crippen LogP contribution in [0.25, 0.3) is 0 Å². The Balaban J connectivity index is 3.70. The minimum Gasteiger partial charge on any atom is -0.391 e. The molecule has 4 heteroatoms. The summed E-state index contributed by atoms with van der Waals surface area (Å²) >= 11 is 0. The summed E-state index contributed by atoms with van der Waals surface area (Å²) in [7, 11) is 0. The number of carbonyl (C=O) groups excluding carboxylic acids is 2.